The zero-order chi connectivity index (χ0) is 17.2. The van der Waals surface area contributed by atoms with Crippen LogP contribution in [0.5, 0.6) is 5.75 Å². The summed E-state index contributed by atoms with van der Waals surface area (Å²) in [6.07, 6.45) is 0. The van der Waals surface area contributed by atoms with Gasteiger partial charge in [-0.2, -0.15) is 0 Å². The first-order valence-electron chi connectivity index (χ1n) is 8.51. The minimum Gasteiger partial charge on any atom is -0.495 e. The van der Waals surface area contributed by atoms with Gasteiger partial charge in [0.25, 0.3) is 5.91 Å². The number of rotatable bonds is 3. The summed E-state index contributed by atoms with van der Waals surface area (Å²) in [5.41, 5.74) is 2.70. The SMILES string of the molecule is COc1cccc2cc(C(=O)N3CCN(c4ccccc4)CC3)[nH]c12. The Morgan fingerprint density at radius 1 is 1.00 bits per heavy atom. The number of nitrogens with one attached hydrogen (secondary N) is 1. The summed E-state index contributed by atoms with van der Waals surface area (Å²) < 4.78 is 5.37. The number of ether oxygens (including phenoxy) is 1. The molecule has 0 bridgehead atoms. The molecule has 3 aromatic rings. The molecule has 1 saturated heterocycles. The van der Waals surface area contributed by atoms with Crippen LogP contribution in [0.15, 0.2) is 54.6 Å². The third kappa shape index (κ3) is 2.93. The van der Waals surface area contributed by atoms with Crippen LogP contribution in [0.3, 0.4) is 0 Å². The molecule has 2 heterocycles. The van der Waals surface area contributed by atoms with Crippen molar-refractivity contribution in [1.82, 2.24) is 9.88 Å². The van der Waals surface area contributed by atoms with Gasteiger partial charge in [-0.3, -0.25) is 4.79 Å². The number of H-pyrrole nitrogens is 1. The summed E-state index contributed by atoms with van der Waals surface area (Å²) in [6.45, 7) is 3.14. The molecule has 0 atom stereocenters. The number of hydrogen-bond donors (Lipinski definition) is 1. The van der Waals surface area contributed by atoms with Crippen LogP contribution in [0.1, 0.15) is 10.5 Å². The van der Waals surface area contributed by atoms with Crippen molar-refractivity contribution in [1.29, 1.82) is 0 Å². The van der Waals surface area contributed by atoms with Gasteiger partial charge in [0.05, 0.1) is 12.6 Å². The molecule has 0 radical (unpaired) electrons. The number of benzene rings is 2. The zero-order valence-corrected chi connectivity index (χ0v) is 14.2. The Balaban J connectivity index is 1.49. The minimum atomic E-state index is 0.0472. The van der Waals surface area contributed by atoms with Crippen LogP contribution in [0.2, 0.25) is 0 Å². The lowest BCUT2D eigenvalue weighted by Crippen LogP contribution is -2.48. The van der Waals surface area contributed by atoms with E-state index < -0.39 is 0 Å². The van der Waals surface area contributed by atoms with Crippen molar-refractivity contribution < 1.29 is 9.53 Å². The maximum Gasteiger partial charge on any atom is 0.270 e. The summed E-state index contributed by atoms with van der Waals surface area (Å²) in [5, 5.41) is 0.991. The van der Waals surface area contributed by atoms with Crippen LogP contribution in [0.25, 0.3) is 10.9 Å². The maximum atomic E-state index is 12.8. The van der Waals surface area contributed by atoms with Gasteiger partial charge in [-0.05, 0) is 24.3 Å². The highest BCUT2D eigenvalue weighted by Gasteiger charge is 2.23. The number of para-hydroxylation sites is 2. The number of fused-ring (bicyclic) bond motifs is 1. The van der Waals surface area contributed by atoms with E-state index in [4.69, 9.17) is 4.74 Å². The first-order chi connectivity index (χ1) is 12.3. The molecule has 25 heavy (non-hydrogen) atoms. The number of aromatic nitrogens is 1. The fourth-order valence-electron chi connectivity index (χ4n) is 3.39. The summed E-state index contributed by atoms with van der Waals surface area (Å²) in [7, 11) is 1.64. The fourth-order valence-corrected chi connectivity index (χ4v) is 3.39. The van der Waals surface area contributed by atoms with Gasteiger partial charge < -0.3 is 19.5 Å². The molecule has 5 heteroatoms. The lowest BCUT2D eigenvalue weighted by molar-refractivity contribution is 0.0742. The molecule has 128 valence electrons. The highest BCUT2D eigenvalue weighted by Crippen LogP contribution is 2.26. The van der Waals surface area contributed by atoms with Crippen molar-refractivity contribution in [2.75, 3.05) is 38.2 Å². The molecule has 1 aliphatic rings. The normalized spacial score (nSPS) is 14.8. The Bertz CT molecular complexity index is 880. The van der Waals surface area contributed by atoms with Crippen molar-refractivity contribution in [2.45, 2.75) is 0 Å². The van der Waals surface area contributed by atoms with Gasteiger partial charge in [0, 0.05) is 37.3 Å². The second-order valence-electron chi connectivity index (χ2n) is 6.22. The third-order valence-electron chi connectivity index (χ3n) is 4.76. The number of amides is 1. The van der Waals surface area contributed by atoms with Crippen LogP contribution >= 0.6 is 0 Å². The quantitative estimate of drug-likeness (QED) is 0.800. The highest BCUT2D eigenvalue weighted by atomic mass is 16.5. The van der Waals surface area contributed by atoms with E-state index in [-0.39, 0.29) is 5.91 Å². The molecular formula is C20H21N3O2. The monoisotopic (exact) mass is 335 g/mol. The molecule has 0 unspecified atom stereocenters. The Morgan fingerprint density at radius 2 is 1.76 bits per heavy atom. The van der Waals surface area contributed by atoms with Crippen LogP contribution in [0.4, 0.5) is 5.69 Å². The lowest BCUT2D eigenvalue weighted by atomic mass is 10.2. The number of piperazine rings is 1. The van der Waals surface area contributed by atoms with Gasteiger partial charge in [0.1, 0.15) is 11.4 Å². The molecule has 0 aliphatic carbocycles. The van der Waals surface area contributed by atoms with E-state index in [9.17, 15) is 4.79 Å². The molecule has 0 spiro atoms. The Labute approximate surface area is 146 Å². The second-order valence-corrected chi connectivity index (χ2v) is 6.22. The number of carbonyl (C=O) groups excluding carboxylic acids is 1. The summed E-state index contributed by atoms with van der Waals surface area (Å²) in [6, 6.07) is 18.1. The van der Waals surface area contributed by atoms with Gasteiger partial charge in [-0.15, -0.1) is 0 Å². The van der Waals surface area contributed by atoms with Crippen molar-refractivity contribution in [3.8, 4) is 5.75 Å². The summed E-state index contributed by atoms with van der Waals surface area (Å²) in [4.78, 5) is 20.3. The molecule has 1 aromatic heterocycles. The predicted molar refractivity (Wildman–Crippen MR) is 99.4 cm³/mol. The van der Waals surface area contributed by atoms with E-state index >= 15 is 0 Å². The molecule has 4 rings (SSSR count). The third-order valence-corrected chi connectivity index (χ3v) is 4.76. The topological polar surface area (TPSA) is 48.6 Å². The van der Waals surface area contributed by atoms with Crippen molar-refractivity contribution >= 4 is 22.5 Å². The van der Waals surface area contributed by atoms with E-state index in [1.54, 1.807) is 7.11 Å². The number of anilines is 1. The first-order valence-corrected chi connectivity index (χ1v) is 8.51. The number of aromatic amines is 1. The lowest BCUT2D eigenvalue weighted by Gasteiger charge is -2.36. The van der Waals surface area contributed by atoms with Crippen LogP contribution < -0.4 is 9.64 Å². The van der Waals surface area contributed by atoms with E-state index in [0.717, 1.165) is 42.8 Å². The summed E-state index contributed by atoms with van der Waals surface area (Å²) in [5.74, 6) is 0.802. The Hall–Kier alpha value is -2.95. The molecule has 1 amide bonds. The Kier molecular flexibility index (Phi) is 4.06. The average Bonchev–Trinajstić information content (AvgIpc) is 3.12. The predicted octanol–water partition coefficient (Wildman–Crippen LogP) is 3.14. The molecule has 1 N–H and O–H groups in total. The number of nitrogens with zero attached hydrogens (tertiary/aromatic N) is 2. The number of methoxy groups -OCH3 is 1. The number of carbonyl (C=O) groups is 1. The van der Waals surface area contributed by atoms with Crippen molar-refractivity contribution in [3.63, 3.8) is 0 Å². The average molecular weight is 335 g/mol. The minimum absolute atomic E-state index is 0.0472. The molecule has 1 aliphatic heterocycles. The van der Waals surface area contributed by atoms with E-state index in [1.807, 2.05) is 47.4 Å². The first kappa shape index (κ1) is 15.6. The molecule has 2 aromatic carbocycles. The highest BCUT2D eigenvalue weighted by molar-refractivity contribution is 5.99. The van der Waals surface area contributed by atoms with Gasteiger partial charge in [-0.1, -0.05) is 30.3 Å². The fraction of sp³-hybridized carbons (Fsp3) is 0.250. The van der Waals surface area contributed by atoms with E-state index in [0.29, 0.717) is 5.69 Å². The van der Waals surface area contributed by atoms with Crippen molar-refractivity contribution in [3.05, 3.63) is 60.3 Å². The van der Waals surface area contributed by atoms with Crippen LogP contribution in [-0.4, -0.2) is 49.1 Å². The second kappa shape index (κ2) is 6.51. The van der Waals surface area contributed by atoms with Gasteiger partial charge in [0.2, 0.25) is 0 Å². The largest absolute Gasteiger partial charge is 0.495 e. The summed E-state index contributed by atoms with van der Waals surface area (Å²) >= 11 is 0. The van der Waals surface area contributed by atoms with E-state index in [2.05, 4.69) is 22.0 Å². The molecular weight excluding hydrogens is 314 g/mol. The molecule has 5 nitrogen and oxygen atoms in total. The Morgan fingerprint density at radius 3 is 2.48 bits per heavy atom. The standard InChI is InChI=1S/C20H21N3O2/c1-25-18-9-5-6-15-14-17(21-19(15)18)20(24)23-12-10-22(11-13-23)16-7-3-2-4-8-16/h2-9,14,21H,10-13H2,1H3. The van der Waals surface area contributed by atoms with Gasteiger partial charge in [0.15, 0.2) is 0 Å². The van der Waals surface area contributed by atoms with Crippen LogP contribution in [0, 0.1) is 0 Å². The maximum absolute atomic E-state index is 12.8. The smallest absolute Gasteiger partial charge is 0.270 e. The molecule has 0 saturated carbocycles. The zero-order valence-electron chi connectivity index (χ0n) is 14.2. The number of hydrogen-bond acceptors (Lipinski definition) is 3. The van der Waals surface area contributed by atoms with Crippen LogP contribution in [-0.2, 0) is 0 Å². The van der Waals surface area contributed by atoms with E-state index in [1.165, 1.54) is 5.69 Å². The molecule has 1 fully saturated rings. The van der Waals surface area contributed by atoms with Gasteiger partial charge >= 0.3 is 0 Å². The van der Waals surface area contributed by atoms with Gasteiger partial charge in [-0.25, -0.2) is 0 Å². The van der Waals surface area contributed by atoms with Crippen molar-refractivity contribution in [2.24, 2.45) is 0 Å².